The van der Waals surface area contributed by atoms with E-state index in [-0.39, 0.29) is 5.91 Å². The molecule has 8 heteroatoms. The predicted molar refractivity (Wildman–Crippen MR) is 97.8 cm³/mol. The molecule has 130 valence electrons. The topological polar surface area (TPSA) is 84.7 Å². The van der Waals surface area contributed by atoms with Crippen molar-refractivity contribution in [3.63, 3.8) is 0 Å². The highest BCUT2D eigenvalue weighted by atomic mass is 35.5. The van der Waals surface area contributed by atoms with Gasteiger partial charge in [-0.05, 0) is 44.5 Å². The fourth-order valence-electron chi connectivity index (χ4n) is 2.51. The molecule has 2 heterocycles. The van der Waals surface area contributed by atoms with Gasteiger partial charge >= 0.3 is 0 Å². The van der Waals surface area contributed by atoms with Gasteiger partial charge in [0.2, 0.25) is 5.91 Å². The average Bonchev–Trinajstić information content (AvgIpc) is 2.90. The molecule has 25 heavy (non-hydrogen) atoms. The Hall–Kier alpha value is -2.67. The van der Waals surface area contributed by atoms with Crippen LogP contribution in [-0.2, 0) is 4.79 Å². The van der Waals surface area contributed by atoms with Crippen LogP contribution in [0.2, 0.25) is 5.02 Å². The van der Waals surface area contributed by atoms with Gasteiger partial charge in [-0.15, -0.1) is 0 Å². The molecule has 0 radical (unpaired) electrons. The van der Waals surface area contributed by atoms with E-state index in [4.69, 9.17) is 11.6 Å². The molecular weight excluding hydrogens is 340 g/mol. The van der Waals surface area contributed by atoms with Crippen molar-refractivity contribution in [3.8, 4) is 5.82 Å². The molecule has 0 saturated heterocycles. The van der Waals surface area contributed by atoms with Gasteiger partial charge in [-0.2, -0.15) is 5.10 Å². The third-order valence-electron chi connectivity index (χ3n) is 3.62. The summed E-state index contributed by atoms with van der Waals surface area (Å²) in [5.74, 6) is 0.803. The second kappa shape index (κ2) is 7.06. The highest BCUT2D eigenvalue weighted by molar-refractivity contribution is 6.31. The summed E-state index contributed by atoms with van der Waals surface area (Å²) in [7, 11) is 0. The SMILES string of the molecule is CCCC(=O)NNc1nc2cc(Cl)ccc2nc1-n1nc(C)cc1C. The zero-order valence-corrected chi connectivity index (χ0v) is 15.1. The van der Waals surface area contributed by atoms with Crippen molar-refractivity contribution in [1.82, 2.24) is 25.2 Å². The number of amides is 1. The van der Waals surface area contributed by atoms with Gasteiger partial charge in [0.15, 0.2) is 11.6 Å². The van der Waals surface area contributed by atoms with Gasteiger partial charge in [0.25, 0.3) is 0 Å². The van der Waals surface area contributed by atoms with Crippen LogP contribution in [0.1, 0.15) is 31.2 Å². The summed E-state index contributed by atoms with van der Waals surface area (Å²) >= 11 is 6.05. The van der Waals surface area contributed by atoms with E-state index in [0.29, 0.717) is 34.1 Å². The zero-order chi connectivity index (χ0) is 18.0. The lowest BCUT2D eigenvalue weighted by Gasteiger charge is -2.13. The fraction of sp³-hybridized carbons (Fsp3) is 0.294. The maximum atomic E-state index is 11.8. The number of hydrogen-bond acceptors (Lipinski definition) is 5. The van der Waals surface area contributed by atoms with Crippen LogP contribution in [0.25, 0.3) is 16.9 Å². The Morgan fingerprint density at radius 1 is 1.20 bits per heavy atom. The quantitative estimate of drug-likeness (QED) is 0.683. The van der Waals surface area contributed by atoms with Gasteiger partial charge in [-0.1, -0.05) is 18.5 Å². The van der Waals surface area contributed by atoms with Crippen LogP contribution in [0, 0.1) is 13.8 Å². The van der Waals surface area contributed by atoms with Gasteiger partial charge < -0.3 is 0 Å². The number of hydrogen-bond donors (Lipinski definition) is 2. The lowest BCUT2D eigenvalue weighted by atomic mass is 10.3. The van der Waals surface area contributed by atoms with Crippen molar-refractivity contribution >= 4 is 34.4 Å². The minimum atomic E-state index is -0.116. The molecular formula is C17H19ClN6O. The number of anilines is 1. The van der Waals surface area contributed by atoms with Crippen molar-refractivity contribution in [2.45, 2.75) is 33.6 Å². The number of hydrazine groups is 1. The van der Waals surface area contributed by atoms with Crippen LogP contribution in [-0.4, -0.2) is 25.7 Å². The Kier molecular flexibility index (Phi) is 4.85. The molecule has 0 spiro atoms. The summed E-state index contributed by atoms with van der Waals surface area (Å²) in [6.45, 7) is 5.79. The van der Waals surface area contributed by atoms with Crippen LogP contribution in [0.15, 0.2) is 24.3 Å². The van der Waals surface area contributed by atoms with Gasteiger partial charge in [-0.25, -0.2) is 14.6 Å². The molecule has 7 nitrogen and oxygen atoms in total. The summed E-state index contributed by atoms with van der Waals surface area (Å²) in [5, 5.41) is 5.04. The third kappa shape index (κ3) is 3.71. The van der Waals surface area contributed by atoms with Crippen molar-refractivity contribution in [2.75, 3.05) is 5.43 Å². The minimum absolute atomic E-state index is 0.116. The molecule has 0 aliphatic rings. The summed E-state index contributed by atoms with van der Waals surface area (Å²) in [4.78, 5) is 21.0. The summed E-state index contributed by atoms with van der Waals surface area (Å²) < 4.78 is 1.70. The maximum absolute atomic E-state index is 11.8. The molecule has 0 aliphatic carbocycles. The first-order chi connectivity index (χ1) is 12.0. The molecule has 0 saturated carbocycles. The highest BCUT2D eigenvalue weighted by Crippen LogP contribution is 2.23. The number of halogens is 1. The number of nitrogens with zero attached hydrogens (tertiary/aromatic N) is 4. The standard InChI is InChI=1S/C17H19ClN6O/c1-4-5-15(25)21-22-16-17(24-11(3)8-10(2)23-24)20-13-7-6-12(18)9-14(13)19-16/h6-9H,4-5H2,1-3H3,(H,19,22)(H,21,25). The van der Waals surface area contributed by atoms with E-state index in [1.807, 2.05) is 26.8 Å². The van der Waals surface area contributed by atoms with Crippen molar-refractivity contribution in [2.24, 2.45) is 0 Å². The molecule has 0 fully saturated rings. The Morgan fingerprint density at radius 3 is 2.68 bits per heavy atom. The van der Waals surface area contributed by atoms with Crippen LogP contribution < -0.4 is 10.9 Å². The Balaban J connectivity index is 2.08. The highest BCUT2D eigenvalue weighted by Gasteiger charge is 2.15. The number of carbonyl (C=O) groups is 1. The first-order valence-electron chi connectivity index (χ1n) is 8.03. The van der Waals surface area contributed by atoms with Gasteiger partial charge in [-0.3, -0.25) is 15.6 Å². The first-order valence-corrected chi connectivity index (χ1v) is 8.41. The number of fused-ring (bicyclic) bond motifs is 1. The Morgan fingerprint density at radius 2 is 2.00 bits per heavy atom. The number of carbonyl (C=O) groups excluding carboxylic acids is 1. The van der Waals surface area contributed by atoms with E-state index in [0.717, 1.165) is 17.8 Å². The van der Waals surface area contributed by atoms with E-state index < -0.39 is 0 Å². The lowest BCUT2D eigenvalue weighted by molar-refractivity contribution is -0.120. The molecule has 3 rings (SSSR count). The molecule has 0 unspecified atom stereocenters. The van der Waals surface area contributed by atoms with Crippen LogP contribution in [0.4, 0.5) is 5.82 Å². The molecule has 0 aliphatic heterocycles. The molecule has 0 bridgehead atoms. The number of aromatic nitrogens is 4. The van der Waals surface area contributed by atoms with Gasteiger partial charge in [0.1, 0.15) is 0 Å². The zero-order valence-electron chi connectivity index (χ0n) is 14.3. The minimum Gasteiger partial charge on any atom is -0.279 e. The Bertz CT molecular complexity index is 936. The largest absolute Gasteiger partial charge is 0.279 e. The molecule has 2 aromatic heterocycles. The van der Waals surface area contributed by atoms with Crippen molar-refractivity contribution in [3.05, 3.63) is 40.7 Å². The van der Waals surface area contributed by atoms with E-state index in [1.165, 1.54) is 0 Å². The number of benzene rings is 1. The van der Waals surface area contributed by atoms with E-state index >= 15 is 0 Å². The summed E-state index contributed by atoms with van der Waals surface area (Å²) in [6, 6.07) is 7.25. The monoisotopic (exact) mass is 358 g/mol. The van der Waals surface area contributed by atoms with Gasteiger partial charge in [0, 0.05) is 17.1 Å². The van der Waals surface area contributed by atoms with Gasteiger partial charge in [0.05, 0.1) is 16.7 Å². The second-order valence-corrected chi connectivity index (χ2v) is 6.23. The fourth-order valence-corrected chi connectivity index (χ4v) is 2.68. The van der Waals surface area contributed by atoms with Crippen molar-refractivity contribution < 1.29 is 4.79 Å². The maximum Gasteiger partial charge on any atom is 0.238 e. The molecule has 0 atom stereocenters. The van der Waals surface area contributed by atoms with Crippen LogP contribution >= 0.6 is 11.6 Å². The Labute approximate surface area is 150 Å². The normalized spacial score (nSPS) is 10.9. The molecule has 1 amide bonds. The first kappa shape index (κ1) is 17.2. The van der Waals surface area contributed by atoms with E-state index in [1.54, 1.807) is 22.9 Å². The number of aryl methyl sites for hydroxylation is 2. The molecule has 1 aromatic carbocycles. The molecule has 2 N–H and O–H groups in total. The summed E-state index contributed by atoms with van der Waals surface area (Å²) in [6.07, 6.45) is 1.19. The van der Waals surface area contributed by atoms with E-state index in [2.05, 4.69) is 25.9 Å². The van der Waals surface area contributed by atoms with Crippen molar-refractivity contribution in [1.29, 1.82) is 0 Å². The smallest absolute Gasteiger partial charge is 0.238 e. The van der Waals surface area contributed by atoms with Crippen LogP contribution in [0.3, 0.4) is 0 Å². The average molecular weight is 359 g/mol. The number of rotatable bonds is 5. The van der Waals surface area contributed by atoms with Crippen LogP contribution in [0.5, 0.6) is 0 Å². The lowest BCUT2D eigenvalue weighted by Crippen LogP contribution is -2.30. The second-order valence-electron chi connectivity index (χ2n) is 5.79. The number of nitrogens with one attached hydrogen (secondary N) is 2. The predicted octanol–water partition coefficient (Wildman–Crippen LogP) is 3.33. The summed E-state index contributed by atoms with van der Waals surface area (Å²) in [5.41, 5.74) is 8.63. The van der Waals surface area contributed by atoms with E-state index in [9.17, 15) is 4.79 Å². The molecule has 3 aromatic rings. The third-order valence-corrected chi connectivity index (χ3v) is 3.85.